The molecule has 156 valence electrons. The Morgan fingerprint density at radius 2 is 1.61 bits per heavy atom. The van der Waals surface area contributed by atoms with E-state index in [1.165, 1.54) is 36.3 Å². The molecule has 3 aromatic rings. The molecule has 0 radical (unpaired) electrons. The molecule has 1 aliphatic heterocycles. The van der Waals surface area contributed by atoms with Gasteiger partial charge < -0.3 is 9.84 Å². The maximum absolute atomic E-state index is 13.5. The van der Waals surface area contributed by atoms with Gasteiger partial charge in [0.25, 0.3) is 11.7 Å². The first-order valence-corrected chi connectivity index (χ1v) is 9.69. The van der Waals surface area contributed by atoms with Crippen molar-refractivity contribution >= 4 is 23.1 Å². The molecule has 1 saturated heterocycles. The van der Waals surface area contributed by atoms with Crippen LogP contribution in [0, 0.1) is 12.7 Å². The Bertz CT molecular complexity index is 1180. The molecule has 1 amide bonds. The first-order valence-electron chi connectivity index (χ1n) is 9.69. The quantitative estimate of drug-likeness (QED) is 0.377. The normalized spacial score (nSPS) is 17.8. The molecule has 0 saturated carbocycles. The number of carbonyl (C=O) groups is 2. The van der Waals surface area contributed by atoms with Crippen LogP contribution in [-0.2, 0) is 9.59 Å². The lowest BCUT2D eigenvalue weighted by molar-refractivity contribution is -0.132. The predicted octanol–water partition coefficient (Wildman–Crippen LogP) is 4.77. The highest BCUT2D eigenvalue weighted by atomic mass is 19.1. The van der Waals surface area contributed by atoms with Crippen LogP contribution in [0.25, 0.3) is 5.76 Å². The minimum atomic E-state index is -0.853. The summed E-state index contributed by atoms with van der Waals surface area (Å²) in [6.07, 6.45) is 0. The van der Waals surface area contributed by atoms with Crippen molar-refractivity contribution in [1.82, 2.24) is 0 Å². The molecule has 1 fully saturated rings. The molecule has 4 rings (SSSR count). The lowest BCUT2D eigenvalue weighted by Gasteiger charge is -2.26. The molecule has 1 atom stereocenters. The smallest absolute Gasteiger partial charge is 0.300 e. The number of carbonyl (C=O) groups excluding carboxylic acids is 2. The zero-order chi connectivity index (χ0) is 22.1. The number of rotatable bonds is 4. The Morgan fingerprint density at radius 3 is 2.23 bits per heavy atom. The number of aryl methyl sites for hydroxylation is 1. The average molecular weight is 417 g/mol. The van der Waals surface area contributed by atoms with Gasteiger partial charge in [-0.25, -0.2) is 4.39 Å². The Hall–Kier alpha value is -3.93. The molecular weight excluding hydrogens is 397 g/mol. The first-order chi connectivity index (χ1) is 14.9. The molecule has 31 heavy (non-hydrogen) atoms. The fraction of sp³-hybridized carbons (Fsp3) is 0.120. The summed E-state index contributed by atoms with van der Waals surface area (Å²) >= 11 is 0. The molecule has 1 unspecified atom stereocenters. The highest BCUT2D eigenvalue weighted by Crippen LogP contribution is 2.43. The minimum absolute atomic E-state index is 0.0196. The Kier molecular flexibility index (Phi) is 5.29. The second kappa shape index (κ2) is 8.07. The summed E-state index contributed by atoms with van der Waals surface area (Å²) in [5.74, 6) is -1.72. The number of nitrogens with zero attached hydrogens (tertiary/aromatic N) is 1. The zero-order valence-corrected chi connectivity index (χ0v) is 17.0. The van der Waals surface area contributed by atoms with Crippen molar-refractivity contribution in [3.63, 3.8) is 0 Å². The van der Waals surface area contributed by atoms with Gasteiger partial charge in [0.1, 0.15) is 17.3 Å². The van der Waals surface area contributed by atoms with Crippen LogP contribution >= 0.6 is 0 Å². The number of hydrogen-bond acceptors (Lipinski definition) is 4. The largest absolute Gasteiger partial charge is 0.507 e. The van der Waals surface area contributed by atoms with Gasteiger partial charge in [0, 0.05) is 11.3 Å². The van der Waals surface area contributed by atoms with E-state index in [0.717, 1.165) is 5.56 Å². The number of hydrogen-bond donors (Lipinski definition) is 1. The van der Waals surface area contributed by atoms with E-state index in [4.69, 9.17) is 4.74 Å². The van der Waals surface area contributed by atoms with Gasteiger partial charge in [0.15, 0.2) is 0 Å². The summed E-state index contributed by atoms with van der Waals surface area (Å²) in [7, 11) is 1.53. The van der Waals surface area contributed by atoms with Crippen LogP contribution in [0.3, 0.4) is 0 Å². The van der Waals surface area contributed by atoms with Crippen molar-refractivity contribution in [3.05, 3.63) is 101 Å². The number of aliphatic hydroxyl groups excluding tert-OH is 1. The second-order valence-electron chi connectivity index (χ2n) is 7.23. The molecule has 0 aliphatic carbocycles. The highest BCUT2D eigenvalue weighted by Gasteiger charge is 2.47. The number of halogens is 1. The van der Waals surface area contributed by atoms with Crippen molar-refractivity contribution in [2.75, 3.05) is 12.0 Å². The van der Waals surface area contributed by atoms with E-state index in [9.17, 15) is 19.1 Å². The molecule has 5 nitrogen and oxygen atoms in total. The number of ketones is 1. The van der Waals surface area contributed by atoms with Gasteiger partial charge in [0.05, 0.1) is 18.7 Å². The molecule has 1 aliphatic rings. The van der Waals surface area contributed by atoms with Gasteiger partial charge in [-0.15, -0.1) is 0 Å². The molecule has 1 heterocycles. The van der Waals surface area contributed by atoms with Crippen LogP contribution in [-0.4, -0.2) is 23.9 Å². The third kappa shape index (κ3) is 3.57. The van der Waals surface area contributed by atoms with Gasteiger partial charge in [0.2, 0.25) is 0 Å². The third-order valence-corrected chi connectivity index (χ3v) is 5.40. The van der Waals surface area contributed by atoms with Crippen LogP contribution in [0.4, 0.5) is 10.1 Å². The highest BCUT2D eigenvalue weighted by molar-refractivity contribution is 6.51. The monoisotopic (exact) mass is 417 g/mol. The topological polar surface area (TPSA) is 66.8 Å². The number of anilines is 1. The lowest BCUT2D eigenvalue weighted by atomic mass is 9.92. The number of methoxy groups -OCH3 is 1. The number of aliphatic hydroxyl groups is 1. The Balaban J connectivity index is 1.94. The van der Waals surface area contributed by atoms with E-state index >= 15 is 0 Å². The summed E-state index contributed by atoms with van der Waals surface area (Å²) in [4.78, 5) is 27.4. The van der Waals surface area contributed by atoms with E-state index in [-0.39, 0.29) is 11.3 Å². The lowest BCUT2D eigenvalue weighted by Crippen LogP contribution is -2.29. The van der Waals surface area contributed by atoms with Crippen molar-refractivity contribution in [3.8, 4) is 5.75 Å². The van der Waals surface area contributed by atoms with Crippen LogP contribution in [0.5, 0.6) is 5.75 Å². The van der Waals surface area contributed by atoms with Crippen molar-refractivity contribution in [1.29, 1.82) is 0 Å². The molecule has 6 heteroatoms. The van der Waals surface area contributed by atoms with Gasteiger partial charge in [-0.05, 0) is 66.6 Å². The Morgan fingerprint density at radius 1 is 0.968 bits per heavy atom. The fourth-order valence-electron chi connectivity index (χ4n) is 3.79. The zero-order valence-electron chi connectivity index (χ0n) is 17.0. The summed E-state index contributed by atoms with van der Waals surface area (Å²) in [6.45, 7) is 1.87. The summed E-state index contributed by atoms with van der Waals surface area (Å²) in [5.41, 5.74) is 2.28. The maximum Gasteiger partial charge on any atom is 0.300 e. The van der Waals surface area contributed by atoms with Gasteiger partial charge in [-0.3, -0.25) is 14.5 Å². The van der Waals surface area contributed by atoms with Gasteiger partial charge in [-0.2, -0.15) is 0 Å². The molecular formula is C25H20FNO4. The van der Waals surface area contributed by atoms with E-state index in [1.807, 2.05) is 25.1 Å². The first kappa shape index (κ1) is 20.3. The van der Waals surface area contributed by atoms with Crippen LogP contribution in [0.1, 0.15) is 22.7 Å². The molecule has 0 spiro atoms. The standard InChI is InChI=1S/C25H20FNO4/c1-15-5-3-4-6-20(15)22-21(23(28)16-7-13-19(31-2)14-8-16)24(29)25(30)27(22)18-11-9-17(26)10-12-18/h3-14,22,28H,1-2H3/b23-21-. The van der Waals surface area contributed by atoms with E-state index < -0.39 is 23.5 Å². The van der Waals surface area contributed by atoms with Gasteiger partial charge in [-0.1, -0.05) is 24.3 Å². The van der Waals surface area contributed by atoms with Crippen LogP contribution < -0.4 is 9.64 Å². The van der Waals surface area contributed by atoms with Gasteiger partial charge >= 0.3 is 0 Å². The van der Waals surface area contributed by atoms with E-state index in [0.29, 0.717) is 22.6 Å². The fourth-order valence-corrected chi connectivity index (χ4v) is 3.79. The SMILES string of the molecule is COc1ccc(/C(O)=C2/C(=O)C(=O)N(c3ccc(F)cc3)C2c2ccccc2C)cc1. The summed E-state index contributed by atoms with van der Waals surface area (Å²) in [6, 6.07) is 18.4. The molecule has 1 N–H and O–H groups in total. The van der Waals surface area contributed by atoms with Crippen molar-refractivity contribution < 1.29 is 23.8 Å². The molecule has 0 aromatic heterocycles. The number of Topliss-reactive ketones (excluding diaryl/α,β-unsaturated/α-hetero) is 1. The number of ether oxygens (including phenoxy) is 1. The van der Waals surface area contributed by atoms with E-state index in [1.54, 1.807) is 30.3 Å². The average Bonchev–Trinajstić information content (AvgIpc) is 3.05. The predicted molar refractivity (Wildman–Crippen MR) is 115 cm³/mol. The second-order valence-corrected chi connectivity index (χ2v) is 7.23. The molecule has 3 aromatic carbocycles. The summed E-state index contributed by atoms with van der Waals surface area (Å²) in [5, 5.41) is 11.1. The van der Waals surface area contributed by atoms with E-state index in [2.05, 4.69) is 0 Å². The maximum atomic E-state index is 13.5. The van der Waals surface area contributed by atoms with Crippen LogP contribution in [0.15, 0.2) is 78.4 Å². The summed E-state index contributed by atoms with van der Waals surface area (Å²) < 4.78 is 18.6. The third-order valence-electron chi connectivity index (χ3n) is 5.40. The van der Waals surface area contributed by atoms with Crippen molar-refractivity contribution in [2.45, 2.75) is 13.0 Å². The number of benzene rings is 3. The Labute approximate surface area is 179 Å². The van der Waals surface area contributed by atoms with Crippen LogP contribution in [0.2, 0.25) is 0 Å². The van der Waals surface area contributed by atoms with Crippen molar-refractivity contribution in [2.24, 2.45) is 0 Å². The molecule has 0 bridgehead atoms. The number of amides is 1. The minimum Gasteiger partial charge on any atom is -0.507 e.